The Bertz CT molecular complexity index is 1090. The molecule has 9 heteroatoms. The summed E-state index contributed by atoms with van der Waals surface area (Å²) in [5.74, 6) is -0.493. The molecule has 1 aliphatic heterocycles. The van der Waals surface area contributed by atoms with Gasteiger partial charge < -0.3 is 14.4 Å². The fourth-order valence-corrected chi connectivity index (χ4v) is 5.41. The highest BCUT2D eigenvalue weighted by atomic mass is 32.2. The number of esters is 1. The highest BCUT2D eigenvalue weighted by Gasteiger charge is 2.32. The van der Waals surface area contributed by atoms with Gasteiger partial charge in [-0.1, -0.05) is 6.92 Å². The summed E-state index contributed by atoms with van der Waals surface area (Å²) in [6, 6.07) is 4.82. The number of nitrogens with zero attached hydrogens (tertiary/aromatic N) is 2. The fraction of sp³-hybridized carbons (Fsp3) is 0.524. The van der Waals surface area contributed by atoms with Crippen molar-refractivity contribution < 1.29 is 27.5 Å². The van der Waals surface area contributed by atoms with Gasteiger partial charge in [0, 0.05) is 29.6 Å². The number of rotatable bonds is 4. The Labute approximate surface area is 176 Å². The van der Waals surface area contributed by atoms with Gasteiger partial charge in [0.2, 0.25) is 10.0 Å². The minimum atomic E-state index is -3.57. The van der Waals surface area contributed by atoms with Crippen molar-refractivity contribution >= 4 is 33.0 Å². The van der Waals surface area contributed by atoms with Crippen LogP contribution in [0.2, 0.25) is 0 Å². The molecule has 0 bridgehead atoms. The standard InChI is InChI=1S/C21H28N2O6S/c1-6-11-30(26,27)23-17-8-7-14(19(24)28-5)12-15(17)16-13-22(10-9-18(16)23)20(25)29-21(2,3)4/h7-8,12H,6,9-11,13H2,1-5H3. The maximum atomic E-state index is 13.0. The lowest BCUT2D eigenvalue weighted by atomic mass is 10.0. The fourth-order valence-electron chi connectivity index (χ4n) is 3.71. The molecule has 164 valence electrons. The molecule has 0 saturated heterocycles. The molecular weight excluding hydrogens is 408 g/mol. The van der Waals surface area contributed by atoms with Crippen LogP contribution in [0.15, 0.2) is 18.2 Å². The predicted molar refractivity (Wildman–Crippen MR) is 113 cm³/mol. The summed E-state index contributed by atoms with van der Waals surface area (Å²) in [6.45, 7) is 7.77. The molecule has 1 aliphatic rings. The smallest absolute Gasteiger partial charge is 0.410 e. The molecule has 0 fully saturated rings. The van der Waals surface area contributed by atoms with Gasteiger partial charge in [0.25, 0.3) is 0 Å². The summed E-state index contributed by atoms with van der Waals surface area (Å²) in [5.41, 5.74) is 1.57. The van der Waals surface area contributed by atoms with E-state index < -0.39 is 27.7 Å². The Balaban J connectivity index is 2.15. The average Bonchev–Trinajstić information content (AvgIpc) is 2.99. The van der Waals surface area contributed by atoms with Crippen molar-refractivity contribution in [2.45, 2.75) is 52.7 Å². The summed E-state index contributed by atoms with van der Waals surface area (Å²) in [5, 5.41) is 0.626. The number of ether oxygens (including phenoxy) is 2. The van der Waals surface area contributed by atoms with E-state index in [0.29, 0.717) is 47.1 Å². The molecule has 0 atom stereocenters. The third kappa shape index (κ3) is 4.16. The van der Waals surface area contributed by atoms with E-state index in [2.05, 4.69) is 0 Å². The van der Waals surface area contributed by atoms with Gasteiger partial charge >= 0.3 is 12.1 Å². The maximum absolute atomic E-state index is 13.0. The van der Waals surface area contributed by atoms with Gasteiger partial charge in [0.05, 0.1) is 30.5 Å². The van der Waals surface area contributed by atoms with Gasteiger partial charge in [-0.15, -0.1) is 0 Å². The lowest BCUT2D eigenvalue weighted by Crippen LogP contribution is -2.40. The van der Waals surface area contributed by atoms with Gasteiger partial charge in [-0.25, -0.2) is 22.0 Å². The van der Waals surface area contributed by atoms with Crippen molar-refractivity contribution in [2.75, 3.05) is 19.4 Å². The average molecular weight is 437 g/mol. The number of hydrogen-bond acceptors (Lipinski definition) is 6. The summed E-state index contributed by atoms with van der Waals surface area (Å²) in [6.07, 6.45) is 0.412. The SMILES string of the molecule is CCCS(=O)(=O)n1c2c(c3cc(C(=O)OC)ccc31)CN(C(=O)OC(C)(C)C)CC2. The topological polar surface area (TPSA) is 94.9 Å². The third-order valence-electron chi connectivity index (χ3n) is 4.91. The van der Waals surface area contributed by atoms with Crippen LogP contribution in [-0.2, 0) is 32.5 Å². The first-order chi connectivity index (χ1) is 14.0. The van der Waals surface area contributed by atoms with Gasteiger partial charge in [-0.3, -0.25) is 0 Å². The van der Waals surface area contributed by atoms with E-state index in [1.807, 2.05) is 6.92 Å². The Kier molecular flexibility index (Phi) is 5.86. The lowest BCUT2D eigenvalue weighted by Gasteiger charge is -2.30. The van der Waals surface area contributed by atoms with E-state index >= 15 is 0 Å². The number of benzene rings is 1. The second-order valence-electron chi connectivity index (χ2n) is 8.38. The van der Waals surface area contributed by atoms with Gasteiger partial charge in [0.1, 0.15) is 5.60 Å². The predicted octanol–water partition coefficient (Wildman–Crippen LogP) is 3.31. The summed E-state index contributed by atoms with van der Waals surface area (Å²) < 4.78 is 37.7. The molecule has 0 spiro atoms. The van der Waals surface area contributed by atoms with Crippen LogP contribution in [0.1, 0.15) is 55.7 Å². The van der Waals surface area contributed by atoms with E-state index in [1.54, 1.807) is 43.9 Å². The van der Waals surface area contributed by atoms with Crippen LogP contribution in [-0.4, -0.2) is 54.4 Å². The van der Waals surface area contributed by atoms with E-state index in [-0.39, 0.29) is 12.3 Å². The van der Waals surface area contributed by atoms with Gasteiger partial charge in [-0.2, -0.15) is 0 Å². The zero-order chi connectivity index (χ0) is 22.3. The molecule has 0 unspecified atom stereocenters. The van der Waals surface area contributed by atoms with E-state index in [1.165, 1.54) is 11.1 Å². The first-order valence-electron chi connectivity index (χ1n) is 9.94. The minimum absolute atomic E-state index is 0.0117. The number of hydrogen-bond donors (Lipinski definition) is 0. The van der Waals surface area contributed by atoms with Gasteiger partial charge in [-0.05, 0) is 45.4 Å². The number of carbonyl (C=O) groups is 2. The normalized spacial score (nSPS) is 14.5. The molecule has 1 aromatic heterocycles. The third-order valence-corrected chi connectivity index (χ3v) is 6.81. The summed E-state index contributed by atoms with van der Waals surface area (Å²) >= 11 is 0. The quantitative estimate of drug-likeness (QED) is 0.683. The number of methoxy groups -OCH3 is 1. The first kappa shape index (κ1) is 22.1. The highest BCUT2D eigenvalue weighted by molar-refractivity contribution is 7.90. The number of amides is 1. The van der Waals surface area contributed by atoms with E-state index in [9.17, 15) is 18.0 Å². The zero-order valence-electron chi connectivity index (χ0n) is 18.0. The largest absolute Gasteiger partial charge is 0.465 e. The highest BCUT2D eigenvalue weighted by Crippen LogP contribution is 2.34. The van der Waals surface area contributed by atoms with Crippen LogP contribution in [0.25, 0.3) is 10.9 Å². The molecule has 30 heavy (non-hydrogen) atoms. The molecule has 2 heterocycles. The molecular formula is C21H28N2O6S. The van der Waals surface area contributed by atoms with Crippen LogP contribution in [0.3, 0.4) is 0 Å². The van der Waals surface area contributed by atoms with Crippen molar-refractivity contribution in [1.29, 1.82) is 0 Å². The molecule has 0 saturated carbocycles. The zero-order valence-corrected chi connectivity index (χ0v) is 18.8. The van der Waals surface area contributed by atoms with Crippen LogP contribution >= 0.6 is 0 Å². The number of carbonyl (C=O) groups excluding carboxylic acids is 2. The second-order valence-corrected chi connectivity index (χ2v) is 10.3. The number of fused-ring (bicyclic) bond motifs is 3. The molecule has 0 aliphatic carbocycles. The monoisotopic (exact) mass is 436 g/mol. The van der Waals surface area contributed by atoms with Crippen molar-refractivity contribution in [3.8, 4) is 0 Å². The molecule has 1 aromatic carbocycles. The summed E-state index contributed by atoms with van der Waals surface area (Å²) in [7, 11) is -2.28. The molecule has 3 rings (SSSR count). The van der Waals surface area contributed by atoms with Crippen LogP contribution in [0.4, 0.5) is 4.79 Å². The Morgan fingerprint density at radius 1 is 1.20 bits per heavy atom. The van der Waals surface area contributed by atoms with E-state index in [4.69, 9.17) is 9.47 Å². The minimum Gasteiger partial charge on any atom is -0.465 e. The van der Waals surface area contributed by atoms with Crippen molar-refractivity contribution in [3.63, 3.8) is 0 Å². The van der Waals surface area contributed by atoms with Crippen LogP contribution < -0.4 is 0 Å². The second kappa shape index (κ2) is 7.94. The van der Waals surface area contributed by atoms with Crippen molar-refractivity contribution in [1.82, 2.24) is 8.87 Å². The van der Waals surface area contributed by atoms with Crippen molar-refractivity contribution in [3.05, 3.63) is 35.0 Å². The number of aromatic nitrogens is 1. The van der Waals surface area contributed by atoms with Crippen LogP contribution in [0, 0.1) is 0 Å². The Morgan fingerprint density at radius 2 is 1.90 bits per heavy atom. The molecule has 8 nitrogen and oxygen atoms in total. The molecule has 2 aromatic rings. The van der Waals surface area contributed by atoms with E-state index in [0.717, 1.165) is 0 Å². The first-order valence-corrected chi connectivity index (χ1v) is 11.5. The molecule has 0 N–H and O–H groups in total. The molecule has 0 radical (unpaired) electrons. The summed E-state index contributed by atoms with van der Waals surface area (Å²) in [4.78, 5) is 26.2. The van der Waals surface area contributed by atoms with Gasteiger partial charge in [0.15, 0.2) is 0 Å². The van der Waals surface area contributed by atoms with Crippen LogP contribution in [0.5, 0.6) is 0 Å². The Morgan fingerprint density at radius 3 is 2.50 bits per heavy atom. The lowest BCUT2D eigenvalue weighted by molar-refractivity contribution is 0.0224. The maximum Gasteiger partial charge on any atom is 0.410 e. The molecule has 1 amide bonds. The Hall–Kier alpha value is -2.55. The van der Waals surface area contributed by atoms with Crippen molar-refractivity contribution in [2.24, 2.45) is 0 Å².